The number of rotatable bonds is 6. The molecule has 3 N–H and O–H groups in total. The molecule has 0 rings (SSSR count). The van der Waals surface area contributed by atoms with E-state index >= 15 is 0 Å². The third kappa shape index (κ3) is 6.58. The normalized spacial score (nSPS) is 10.9. The second-order valence-electron chi connectivity index (χ2n) is 3.23. The molecule has 0 aliphatic rings. The Kier molecular flexibility index (Phi) is 6.58. The van der Waals surface area contributed by atoms with Crippen LogP contribution in [0.1, 0.15) is 32.6 Å². The monoisotopic (exact) mass is 229 g/mol. The maximum atomic E-state index is 11.0. The summed E-state index contributed by atoms with van der Waals surface area (Å²) in [6, 6.07) is 0. The number of nitrogens with one attached hydrogen (secondary N) is 1. The van der Waals surface area contributed by atoms with Crippen LogP contribution in [-0.4, -0.2) is 28.2 Å². The summed E-state index contributed by atoms with van der Waals surface area (Å²) in [7, 11) is 0. The first-order chi connectivity index (χ1) is 7.47. The second-order valence-corrected chi connectivity index (χ2v) is 3.23. The van der Waals surface area contributed by atoms with Crippen LogP contribution in [-0.2, 0) is 9.59 Å². The van der Waals surface area contributed by atoms with Crippen molar-refractivity contribution in [3.8, 4) is 0 Å². The largest absolute Gasteiger partial charge is 0.478 e. The highest BCUT2D eigenvalue weighted by Crippen LogP contribution is 2.09. The lowest BCUT2D eigenvalue weighted by Gasteiger charge is -2.01. The molecule has 2 amide bonds. The van der Waals surface area contributed by atoms with E-state index in [9.17, 15) is 14.4 Å². The third-order valence-electron chi connectivity index (χ3n) is 1.86. The second kappa shape index (κ2) is 7.44. The van der Waals surface area contributed by atoms with Crippen LogP contribution in [0.2, 0.25) is 0 Å². The highest BCUT2D eigenvalue weighted by molar-refractivity contribution is 6.02. The number of imide groups is 1. The SMILES string of the molecule is CCCCCC(=CC(=O)NC(=O)O)C(=O)O. The lowest BCUT2D eigenvalue weighted by atomic mass is 10.1. The molecule has 0 aromatic heterocycles. The number of amides is 2. The van der Waals surface area contributed by atoms with Gasteiger partial charge in [0.2, 0.25) is 0 Å². The molecule has 0 fully saturated rings. The fourth-order valence-corrected chi connectivity index (χ4v) is 1.11. The van der Waals surface area contributed by atoms with Crippen LogP contribution >= 0.6 is 0 Å². The predicted molar refractivity (Wildman–Crippen MR) is 56.0 cm³/mol. The minimum absolute atomic E-state index is 0.0767. The highest BCUT2D eigenvalue weighted by atomic mass is 16.4. The van der Waals surface area contributed by atoms with E-state index in [2.05, 4.69) is 0 Å². The molecule has 0 atom stereocenters. The summed E-state index contributed by atoms with van der Waals surface area (Å²) in [4.78, 5) is 31.8. The van der Waals surface area contributed by atoms with Crippen molar-refractivity contribution in [3.05, 3.63) is 11.6 Å². The Morgan fingerprint density at radius 2 is 1.81 bits per heavy atom. The third-order valence-corrected chi connectivity index (χ3v) is 1.86. The average Bonchev–Trinajstić information content (AvgIpc) is 2.15. The van der Waals surface area contributed by atoms with Crippen LogP contribution in [0, 0.1) is 0 Å². The zero-order valence-electron chi connectivity index (χ0n) is 9.02. The molecule has 0 aromatic rings. The lowest BCUT2D eigenvalue weighted by Crippen LogP contribution is -2.27. The molecule has 6 heteroatoms. The van der Waals surface area contributed by atoms with Crippen LogP contribution < -0.4 is 5.32 Å². The van der Waals surface area contributed by atoms with Crippen LogP contribution in [0.5, 0.6) is 0 Å². The van der Waals surface area contributed by atoms with Crippen molar-refractivity contribution in [2.24, 2.45) is 0 Å². The number of aliphatic carboxylic acids is 1. The van der Waals surface area contributed by atoms with Gasteiger partial charge < -0.3 is 10.2 Å². The molecule has 0 spiro atoms. The Morgan fingerprint density at radius 1 is 1.19 bits per heavy atom. The summed E-state index contributed by atoms with van der Waals surface area (Å²) in [5, 5.41) is 18.6. The molecule has 0 saturated carbocycles. The first-order valence-corrected chi connectivity index (χ1v) is 4.95. The van der Waals surface area contributed by atoms with Gasteiger partial charge in [-0.05, 0) is 12.8 Å². The zero-order valence-corrected chi connectivity index (χ0v) is 9.02. The summed E-state index contributed by atoms with van der Waals surface area (Å²) >= 11 is 0. The Balaban J connectivity index is 4.39. The van der Waals surface area contributed by atoms with Gasteiger partial charge in [-0.15, -0.1) is 0 Å². The number of carboxylic acid groups (broad SMARTS) is 2. The predicted octanol–water partition coefficient (Wildman–Crippen LogP) is 1.37. The van der Waals surface area contributed by atoms with E-state index in [1.165, 1.54) is 0 Å². The lowest BCUT2D eigenvalue weighted by molar-refractivity contribution is -0.133. The first-order valence-electron chi connectivity index (χ1n) is 4.95. The number of hydrogen-bond acceptors (Lipinski definition) is 3. The number of unbranched alkanes of at least 4 members (excludes halogenated alkanes) is 2. The van der Waals surface area contributed by atoms with Gasteiger partial charge in [0.25, 0.3) is 5.91 Å². The smallest absolute Gasteiger partial charge is 0.411 e. The van der Waals surface area contributed by atoms with Crippen molar-refractivity contribution in [3.63, 3.8) is 0 Å². The molecule has 0 bridgehead atoms. The van der Waals surface area contributed by atoms with Crippen molar-refractivity contribution >= 4 is 18.0 Å². The minimum atomic E-state index is -1.50. The quantitative estimate of drug-likeness (QED) is 0.471. The van der Waals surface area contributed by atoms with Gasteiger partial charge in [0.05, 0.1) is 0 Å². The molecule has 16 heavy (non-hydrogen) atoms. The van der Waals surface area contributed by atoms with Gasteiger partial charge in [-0.3, -0.25) is 10.1 Å². The fourth-order valence-electron chi connectivity index (χ4n) is 1.11. The molecule has 0 unspecified atom stereocenters. The topological polar surface area (TPSA) is 104 Å². The number of carboxylic acids is 1. The molecule has 0 radical (unpaired) electrons. The van der Waals surface area contributed by atoms with Gasteiger partial charge in [0.1, 0.15) is 0 Å². The Labute approximate surface area is 93.0 Å². The molecule has 0 heterocycles. The Morgan fingerprint density at radius 3 is 2.25 bits per heavy atom. The summed E-state index contributed by atoms with van der Waals surface area (Å²) in [6.45, 7) is 1.97. The molecule has 0 saturated heterocycles. The van der Waals surface area contributed by atoms with Crippen molar-refractivity contribution in [2.45, 2.75) is 32.6 Å². The van der Waals surface area contributed by atoms with Gasteiger partial charge in [-0.2, -0.15) is 0 Å². The van der Waals surface area contributed by atoms with E-state index in [0.717, 1.165) is 18.9 Å². The molecule has 0 aliphatic heterocycles. The van der Waals surface area contributed by atoms with E-state index in [4.69, 9.17) is 10.2 Å². The molecule has 6 nitrogen and oxygen atoms in total. The van der Waals surface area contributed by atoms with Crippen molar-refractivity contribution in [1.82, 2.24) is 5.32 Å². The number of carbonyl (C=O) groups is 3. The van der Waals surface area contributed by atoms with Gasteiger partial charge >= 0.3 is 12.1 Å². The van der Waals surface area contributed by atoms with Gasteiger partial charge in [0, 0.05) is 11.6 Å². The number of carbonyl (C=O) groups excluding carboxylic acids is 1. The molecular formula is C10H15NO5. The highest BCUT2D eigenvalue weighted by Gasteiger charge is 2.10. The van der Waals surface area contributed by atoms with E-state index in [-0.39, 0.29) is 12.0 Å². The Bertz CT molecular complexity index is 308. The summed E-state index contributed by atoms with van der Waals surface area (Å²) in [5.41, 5.74) is -0.0767. The van der Waals surface area contributed by atoms with Gasteiger partial charge in [0.15, 0.2) is 0 Å². The standard InChI is InChI=1S/C10H15NO5/c1-2-3-4-5-7(9(13)14)6-8(12)11-10(15)16/h6H,2-5H2,1H3,(H,11,12)(H,13,14)(H,15,16). The maximum absolute atomic E-state index is 11.0. The van der Waals surface area contributed by atoms with E-state index in [0.29, 0.717) is 6.42 Å². The van der Waals surface area contributed by atoms with E-state index in [1.807, 2.05) is 6.92 Å². The van der Waals surface area contributed by atoms with Crippen LogP contribution in [0.25, 0.3) is 0 Å². The van der Waals surface area contributed by atoms with Crippen LogP contribution in [0.4, 0.5) is 4.79 Å². The van der Waals surface area contributed by atoms with Gasteiger partial charge in [-0.25, -0.2) is 9.59 Å². The minimum Gasteiger partial charge on any atom is -0.478 e. The Hall–Kier alpha value is -1.85. The zero-order chi connectivity index (χ0) is 12.6. The van der Waals surface area contributed by atoms with Crippen LogP contribution in [0.3, 0.4) is 0 Å². The van der Waals surface area contributed by atoms with Gasteiger partial charge in [-0.1, -0.05) is 19.8 Å². The molecule has 0 aliphatic carbocycles. The maximum Gasteiger partial charge on any atom is 0.411 e. The van der Waals surface area contributed by atoms with Crippen molar-refractivity contribution < 1.29 is 24.6 Å². The molecule has 0 aromatic carbocycles. The summed E-state index contributed by atoms with van der Waals surface area (Å²) in [5.74, 6) is -2.13. The molecular weight excluding hydrogens is 214 g/mol. The fraction of sp³-hybridized carbons (Fsp3) is 0.500. The summed E-state index contributed by atoms with van der Waals surface area (Å²) < 4.78 is 0. The average molecular weight is 229 g/mol. The number of hydrogen-bond donors (Lipinski definition) is 3. The first kappa shape index (κ1) is 14.2. The van der Waals surface area contributed by atoms with E-state index < -0.39 is 18.0 Å². The van der Waals surface area contributed by atoms with Crippen LogP contribution in [0.15, 0.2) is 11.6 Å². The van der Waals surface area contributed by atoms with Crippen molar-refractivity contribution in [1.29, 1.82) is 0 Å². The summed E-state index contributed by atoms with van der Waals surface area (Å²) in [6.07, 6.45) is 2.04. The molecule has 90 valence electrons. The van der Waals surface area contributed by atoms with E-state index in [1.54, 1.807) is 5.32 Å². The van der Waals surface area contributed by atoms with Crippen molar-refractivity contribution in [2.75, 3.05) is 0 Å².